The molecule has 168 valence electrons. The molecule has 4 rings (SSSR count). The van der Waals surface area contributed by atoms with Crippen LogP contribution in [0.25, 0.3) is 10.9 Å². The number of fused-ring (bicyclic) bond motifs is 1. The molecule has 1 saturated heterocycles. The van der Waals surface area contributed by atoms with E-state index in [1.54, 1.807) is 25.1 Å². The molecule has 0 spiro atoms. The molecule has 2 heterocycles. The molecule has 0 amide bonds. The minimum absolute atomic E-state index is 0.0276. The summed E-state index contributed by atoms with van der Waals surface area (Å²) in [6.07, 6.45) is 0. The summed E-state index contributed by atoms with van der Waals surface area (Å²) in [6.45, 7) is 2.67. The predicted octanol–water partition coefficient (Wildman–Crippen LogP) is 4.73. The third-order valence-corrected chi connectivity index (χ3v) is 9.61. The quantitative estimate of drug-likeness (QED) is 0.451. The third-order valence-electron chi connectivity index (χ3n) is 5.07. The van der Waals surface area contributed by atoms with Crippen LogP contribution in [0.4, 0.5) is 11.4 Å². The molecule has 0 bridgehead atoms. The number of aromatic nitrogens is 1. The smallest absolute Gasteiger partial charge is 0.337 e. The maximum Gasteiger partial charge on any atom is 0.337 e. The first-order valence-corrected chi connectivity index (χ1v) is 13.0. The number of carbonyl (C=O) groups is 1. The normalized spacial score (nSPS) is 16.8. The van der Waals surface area contributed by atoms with E-state index in [4.69, 9.17) is 23.2 Å². The molecular weight excluding hydrogens is 493 g/mol. The summed E-state index contributed by atoms with van der Waals surface area (Å²) in [5.41, 5.74) is 1.22. The van der Waals surface area contributed by atoms with Crippen molar-refractivity contribution in [2.75, 3.05) is 24.2 Å². The van der Waals surface area contributed by atoms with Gasteiger partial charge in [0.2, 0.25) is 0 Å². The molecule has 3 N–H and O–H groups in total. The summed E-state index contributed by atoms with van der Waals surface area (Å²) in [5, 5.41) is 17.0. The summed E-state index contributed by atoms with van der Waals surface area (Å²) in [5.74, 6) is -0.529. The Labute approximate surface area is 199 Å². The predicted molar refractivity (Wildman–Crippen MR) is 129 cm³/mol. The van der Waals surface area contributed by atoms with Crippen molar-refractivity contribution in [2.24, 2.45) is 0 Å². The molecule has 1 unspecified atom stereocenters. The first-order valence-electron chi connectivity index (χ1n) is 9.64. The van der Waals surface area contributed by atoms with Crippen LogP contribution in [0.15, 0.2) is 41.3 Å². The Morgan fingerprint density at radius 3 is 2.62 bits per heavy atom. The molecule has 1 fully saturated rings. The number of carboxylic acids is 1. The zero-order chi connectivity index (χ0) is 23.0. The fourth-order valence-corrected chi connectivity index (χ4v) is 7.52. The molecule has 0 radical (unpaired) electrons. The van der Waals surface area contributed by atoms with Crippen LogP contribution in [0.3, 0.4) is 0 Å². The van der Waals surface area contributed by atoms with Gasteiger partial charge in [-0.05, 0) is 43.3 Å². The average Bonchev–Trinajstić information content (AvgIpc) is 2.75. The highest BCUT2D eigenvalue weighted by molar-refractivity contribution is 8.13. The highest BCUT2D eigenvalue weighted by Crippen LogP contribution is 2.40. The van der Waals surface area contributed by atoms with Gasteiger partial charge in [0, 0.05) is 34.3 Å². The first kappa shape index (κ1) is 23.1. The number of anilines is 2. The maximum absolute atomic E-state index is 13.7. The standard InChI is InChI=1S/C21H19Cl2N3O4S2/c1-11-20(32(29,30)18-10-24-6-7-31-18)19(14-8-12(22)2-4-16(14)25-11)26-17-5-3-13(23)9-15(17)21(27)28/h2-5,8-9,18,24H,6-7,10H2,1H3,(H,25,26)(H,27,28). The molecule has 32 heavy (non-hydrogen) atoms. The topological polar surface area (TPSA) is 108 Å². The number of sulfone groups is 1. The van der Waals surface area contributed by atoms with Crippen LogP contribution in [-0.4, -0.2) is 47.9 Å². The molecule has 0 saturated carbocycles. The third kappa shape index (κ3) is 4.40. The van der Waals surface area contributed by atoms with Crippen LogP contribution in [0.2, 0.25) is 10.0 Å². The number of carboxylic acid groups (broad SMARTS) is 1. The number of thioether (sulfide) groups is 1. The number of nitrogens with zero attached hydrogens (tertiary/aromatic N) is 1. The van der Waals surface area contributed by atoms with Gasteiger partial charge in [-0.3, -0.25) is 4.98 Å². The van der Waals surface area contributed by atoms with E-state index in [-0.39, 0.29) is 26.9 Å². The van der Waals surface area contributed by atoms with Crippen LogP contribution < -0.4 is 10.6 Å². The Morgan fingerprint density at radius 2 is 1.94 bits per heavy atom. The molecule has 1 aliphatic heterocycles. The zero-order valence-electron chi connectivity index (χ0n) is 16.9. The Morgan fingerprint density at radius 1 is 1.22 bits per heavy atom. The molecule has 0 aliphatic carbocycles. The second-order valence-electron chi connectivity index (χ2n) is 7.23. The van der Waals surface area contributed by atoms with Crippen molar-refractivity contribution in [3.63, 3.8) is 0 Å². The first-order chi connectivity index (χ1) is 15.2. The van der Waals surface area contributed by atoms with E-state index in [1.165, 1.54) is 30.0 Å². The number of rotatable bonds is 5. The monoisotopic (exact) mass is 511 g/mol. The SMILES string of the molecule is Cc1nc2ccc(Cl)cc2c(Nc2ccc(Cl)cc2C(=O)O)c1S(=O)(=O)C1CNCCS1. The fourth-order valence-electron chi connectivity index (χ4n) is 3.62. The summed E-state index contributed by atoms with van der Waals surface area (Å²) in [7, 11) is -3.83. The van der Waals surface area contributed by atoms with Crippen LogP contribution in [0, 0.1) is 6.92 Å². The fraction of sp³-hybridized carbons (Fsp3) is 0.238. The van der Waals surface area contributed by atoms with Crippen molar-refractivity contribution >= 4 is 73.0 Å². The molecule has 1 aliphatic rings. The van der Waals surface area contributed by atoms with E-state index in [1.807, 2.05) is 0 Å². The number of benzene rings is 2. The molecule has 3 aromatic rings. The van der Waals surface area contributed by atoms with Gasteiger partial charge in [0.25, 0.3) is 0 Å². The highest BCUT2D eigenvalue weighted by atomic mass is 35.5. The van der Waals surface area contributed by atoms with Gasteiger partial charge in [0.05, 0.1) is 28.1 Å². The molecule has 1 aromatic heterocycles. The summed E-state index contributed by atoms with van der Waals surface area (Å²) in [6, 6.07) is 9.33. The minimum atomic E-state index is -3.83. The Kier molecular flexibility index (Phi) is 6.56. The van der Waals surface area contributed by atoms with Gasteiger partial charge in [-0.25, -0.2) is 13.2 Å². The van der Waals surface area contributed by atoms with Gasteiger partial charge >= 0.3 is 5.97 Å². The van der Waals surface area contributed by atoms with Crippen molar-refractivity contribution < 1.29 is 18.3 Å². The second-order valence-corrected chi connectivity index (χ2v) is 11.8. The molecule has 7 nitrogen and oxygen atoms in total. The number of nitrogens with one attached hydrogen (secondary N) is 2. The number of hydrogen-bond donors (Lipinski definition) is 3. The lowest BCUT2D eigenvalue weighted by atomic mass is 10.1. The molecule has 11 heteroatoms. The van der Waals surface area contributed by atoms with Gasteiger partial charge in [0.15, 0.2) is 9.84 Å². The number of halogens is 2. The van der Waals surface area contributed by atoms with Crippen molar-refractivity contribution in [1.82, 2.24) is 10.3 Å². The lowest BCUT2D eigenvalue weighted by molar-refractivity contribution is 0.0698. The number of hydrogen-bond acceptors (Lipinski definition) is 7. The van der Waals surface area contributed by atoms with Crippen LogP contribution >= 0.6 is 35.0 Å². The maximum atomic E-state index is 13.7. The lowest BCUT2D eigenvalue weighted by Gasteiger charge is -2.25. The Bertz CT molecular complexity index is 1330. The number of aromatic carboxylic acids is 1. The summed E-state index contributed by atoms with van der Waals surface area (Å²) >= 11 is 13.6. The van der Waals surface area contributed by atoms with Gasteiger partial charge in [-0.1, -0.05) is 23.2 Å². The minimum Gasteiger partial charge on any atom is -0.478 e. The van der Waals surface area contributed by atoms with E-state index < -0.39 is 20.4 Å². The van der Waals surface area contributed by atoms with Gasteiger partial charge < -0.3 is 15.7 Å². The van der Waals surface area contributed by atoms with Crippen molar-refractivity contribution in [3.05, 3.63) is 57.7 Å². The van der Waals surface area contributed by atoms with Gasteiger partial charge in [-0.15, -0.1) is 11.8 Å². The number of pyridine rings is 1. The van der Waals surface area contributed by atoms with Crippen LogP contribution in [0.5, 0.6) is 0 Å². The van der Waals surface area contributed by atoms with Crippen molar-refractivity contribution in [3.8, 4) is 0 Å². The zero-order valence-corrected chi connectivity index (χ0v) is 20.0. The lowest BCUT2D eigenvalue weighted by Crippen LogP contribution is -2.38. The molecule has 1 atom stereocenters. The largest absolute Gasteiger partial charge is 0.478 e. The highest BCUT2D eigenvalue weighted by Gasteiger charge is 2.34. The van der Waals surface area contributed by atoms with Crippen LogP contribution in [0.1, 0.15) is 16.1 Å². The summed E-state index contributed by atoms with van der Waals surface area (Å²) < 4.78 is 26.7. The Hall–Kier alpha value is -2.04. The molecule has 2 aromatic carbocycles. The average molecular weight is 512 g/mol. The number of aryl methyl sites for hydroxylation is 1. The van der Waals surface area contributed by atoms with Crippen molar-refractivity contribution in [2.45, 2.75) is 16.4 Å². The second kappa shape index (κ2) is 9.07. The van der Waals surface area contributed by atoms with Gasteiger partial charge in [-0.2, -0.15) is 0 Å². The van der Waals surface area contributed by atoms with E-state index in [0.717, 1.165) is 6.54 Å². The Balaban J connectivity index is 1.99. The van der Waals surface area contributed by atoms with Gasteiger partial charge in [0.1, 0.15) is 9.48 Å². The van der Waals surface area contributed by atoms with E-state index in [2.05, 4.69) is 15.6 Å². The van der Waals surface area contributed by atoms with E-state index >= 15 is 0 Å². The van der Waals surface area contributed by atoms with E-state index in [0.29, 0.717) is 33.9 Å². The van der Waals surface area contributed by atoms with Crippen LogP contribution in [-0.2, 0) is 9.84 Å². The van der Waals surface area contributed by atoms with Crippen molar-refractivity contribution in [1.29, 1.82) is 0 Å². The van der Waals surface area contributed by atoms with E-state index in [9.17, 15) is 18.3 Å². The molecular formula is C21H19Cl2N3O4S2. The summed E-state index contributed by atoms with van der Waals surface area (Å²) in [4.78, 5) is 16.4.